The Bertz CT molecular complexity index is 795. The Labute approximate surface area is 161 Å². The highest BCUT2D eigenvalue weighted by Crippen LogP contribution is 2.27. The number of halogens is 1. The number of nitrogens with zero attached hydrogens (tertiary/aromatic N) is 1. The Morgan fingerprint density at radius 1 is 1.15 bits per heavy atom. The lowest BCUT2D eigenvalue weighted by molar-refractivity contribution is -0.141. The fourth-order valence-corrected chi connectivity index (χ4v) is 3.64. The van der Waals surface area contributed by atoms with Crippen molar-refractivity contribution in [2.75, 3.05) is 11.9 Å². The maximum atomic E-state index is 12.8. The van der Waals surface area contributed by atoms with Crippen molar-refractivity contribution in [3.8, 4) is 0 Å². The number of hydrogen-bond acceptors (Lipinski definition) is 3. The molecule has 0 saturated heterocycles. The van der Waals surface area contributed by atoms with E-state index in [2.05, 4.69) is 33.4 Å². The average molecular weight is 417 g/mol. The number of fused-ring (bicyclic) bond motifs is 1. The zero-order chi connectivity index (χ0) is 18.5. The van der Waals surface area contributed by atoms with E-state index < -0.39 is 5.97 Å². The summed E-state index contributed by atoms with van der Waals surface area (Å²) in [6, 6.07) is 16.0. The lowest BCUT2D eigenvalue weighted by Gasteiger charge is -2.30. The van der Waals surface area contributed by atoms with Gasteiger partial charge in [-0.2, -0.15) is 0 Å². The van der Waals surface area contributed by atoms with Crippen LogP contribution in [0.3, 0.4) is 0 Å². The summed E-state index contributed by atoms with van der Waals surface area (Å²) < 4.78 is 0.956. The molecule has 2 aromatic rings. The van der Waals surface area contributed by atoms with E-state index >= 15 is 0 Å². The topological polar surface area (TPSA) is 69.6 Å². The summed E-state index contributed by atoms with van der Waals surface area (Å²) >= 11 is 3.48. The Morgan fingerprint density at radius 2 is 1.92 bits per heavy atom. The minimum absolute atomic E-state index is 0.0178. The molecule has 0 unspecified atom stereocenters. The molecule has 6 heteroatoms. The average Bonchev–Trinajstić information content (AvgIpc) is 2.80. The van der Waals surface area contributed by atoms with Crippen LogP contribution in [-0.2, 0) is 22.6 Å². The number of aliphatic carboxylic acids is 1. The Hall–Kier alpha value is -2.34. The van der Waals surface area contributed by atoms with Crippen molar-refractivity contribution in [1.82, 2.24) is 4.90 Å². The fraction of sp³-hybridized carbons (Fsp3) is 0.300. The number of carbonyl (C=O) groups excluding carboxylic acids is 1. The summed E-state index contributed by atoms with van der Waals surface area (Å²) in [5.74, 6) is -1.07. The minimum atomic E-state index is -0.950. The monoisotopic (exact) mass is 416 g/mol. The molecule has 1 aliphatic heterocycles. The zero-order valence-corrected chi connectivity index (χ0v) is 15.9. The highest BCUT2D eigenvalue weighted by molar-refractivity contribution is 9.10. The van der Waals surface area contributed by atoms with Gasteiger partial charge in [0.15, 0.2) is 0 Å². The van der Waals surface area contributed by atoms with Gasteiger partial charge in [0.2, 0.25) is 5.91 Å². The van der Waals surface area contributed by atoms with Gasteiger partial charge in [-0.15, -0.1) is 0 Å². The van der Waals surface area contributed by atoms with E-state index in [0.29, 0.717) is 13.1 Å². The number of hydrogen-bond donors (Lipinski definition) is 2. The highest BCUT2D eigenvalue weighted by Gasteiger charge is 2.28. The quantitative estimate of drug-likeness (QED) is 0.779. The normalized spacial score (nSPS) is 16.3. The summed E-state index contributed by atoms with van der Waals surface area (Å²) in [5.41, 5.74) is 3.20. The summed E-state index contributed by atoms with van der Waals surface area (Å²) in [7, 11) is 0. The highest BCUT2D eigenvalue weighted by atomic mass is 79.9. The third-order valence-corrected chi connectivity index (χ3v) is 5.06. The van der Waals surface area contributed by atoms with E-state index in [1.165, 1.54) is 0 Å². The number of carboxylic acids is 1. The van der Waals surface area contributed by atoms with Gasteiger partial charge in [-0.05, 0) is 35.7 Å². The van der Waals surface area contributed by atoms with Crippen LogP contribution >= 0.6 is 15.9 Å². The van der Waals surface area contributed by atoms with Gasteiger partial charge in [-0.25, -0.2) is 0 Å². The van der Waals surface area contributed by atoms with E-state index in [9.17, 15) is 9.59 Å². The molecular formula is C20H21BrN2O3. The number of carboxylic acid groups (broad SMARTS) is 1. The molecule has 0 aliphatic carbocycles. The molecule has 1 atom stereocenters. The predicted octanol–water partition coefficient (Wildman–Crippen LogP) is 3.68. The number of anilines is 1. The zero-order valence-electron chi connectivity index (χ0n) is 14.3. The molecule has 0 aromatic heterocycles. The Kier molecular flexibility index (Phi) is 5.93. The van der Waals surface area contributed by atoms with Gasteiger partial charge in [0.05, 0.1) is 12.5 Å². The lowest BCUT2D eigenvalue weighted by Crippen LogP contribution is -2.43. The second kappa shape index (κ2) is 8.36. The molecule has 136 valence electrons. The van der Waals surface area contributed by atoms with Crippen LogP contribution in [-0.4, -0.2) is 34.5 Å². The molecule has 0 bridgehead atoms. The first kappa shape index (κ1) is 18.5. The van der Waals surface area contributed by atoms with E-state index in [4.69, 9.17) is 5.11 Å². The first-order valence-corrected chi connectivity index (χ1v) is 9.39. The third-order valence-electron chi connectivity index (χ3n) is 4.56. The van der Waals surface area contributed by atoms with Crippen molar-refractivity contribution in [1.29, 1.82) is 0 Å². The SMILES string of the molecule is O=C(O)CCC(=O)N1Cc2cc(Br)ccc2NC[C@H]1Cc1ccccc1. The predicted molar refractivity (Wildman–Crippen MR) is 104 cm³/mol. The maximum absolute atomic E-state index is 12.8. The third kappa shape index (κ3) is 4.64. The van der Waals surface area contributed by atoms with Gasteiger partial charge in [-0.3, -0.25) is 9.59 Å². The largest absolute Gasteiger partial charge is 0.481 e. The van der Waals surface area contributed by atoms with E-state index in [1.54, 1.807) is 0 Å². The number of carbonyl (C=O) groups is 2. The first-order valence-electron chi connectivity index (χ1n) is 8.60. The molecule has 0 fully saturated rings. The molecule has 1 heterocycles. The Morgan fingerprint density at radius 3 is 2.65 bits per heavy atom. The van der Waals surface area contributed by atoms with Gasteiger partial charge in [-0.1, -0.05) is 46.3 Å². The summed E-state index contributed by atoms with van der Waals surface area (Å²) in [6.07, 6.45) is 0.595. The Balaban J connectivity index is 1.85. The summed E-state index contributed by atoms with van der Waals surface area (Å²) in [6.45, 7) is 1.10. The van der Waals surface area contributed by atoms with Gasteiger partial charge in [0.1, 0.15) is 0 Å². The van der Waals surface area contributed by atoms with Crippen LogP contribution in [0.15, 0.2) is 53.0 Å². The van der Waals surface area contributed by atoms with Crippen LogP contribution in [0.1, 0.15) is 24.0 Å². The summed E-state index contributed by atoms with van der Waals surface area (Å²) in [4.78, 5) is 25.5. The van der Waals surface area contributed by atoms with Crippen LogP contribution in [0.25, 0.3) is 0 Å². The van der Waals surface area contributed by atoms with Crippen LogP contribution in [0, 0.1) is 0 Å². The molecule has 3 rings (SSSR count). The van der Waals surface area contributed by atoms with Crippen molar-refractivity contribution >= 4 is 33.5 Å². The minimum Gasteiger partial charge on any atom is -0.481 e. The van der Waals surface area contributed by atoms with Gasteiger partial charge < -0.3 is 15.3 Å². The number of benzene rings is 2. The van der Waals surface area contributed by atoms with Gasteiger partial charge >= 0.3 is 5.97 Å². The van der Waals surface area contributed by atoms with Gasteiger partial charge in [0.25, 0.3) is 0 Å². The molecule has 2 aromatic carbocycles. The number of rotatable bonds is 5. The molecule has 26 heavy (non-hydrogen) atoms. The first-order chi connectivity index (χ1) is 12.5. The van der Waals surface area contributed by atoms with Crippen LogP contribution in [0.2, 0.25) is 0 Å². The second-order valence-corrected chi connectivity index (χ2v) is 7.36. The van der Waals surface area contributed by atoms with Gasteiger partial charge in [0, 0.05) is 29.7 Å². The fourth-order valence-electron chi connectivity index (χ4n) is 3.23. The van der Waals surface area contributed by atoms with Crippen molar-refractivity contribution in [2.45, 2.75) is 31.8 Å². The smallest absolute Gasteiger partial charge is 0.303 e. The maximum Gasteiger partial charge on any atom is 0.303 e. The number of nitrogens with one attached hydrogen (secondary N) is 1. The molecule has 0 spiro atoms. The molecule has 2 N–H and O–H groups in total. The van der Waals surface area contributed by atoms with Crippen LogP contribution < -0.4 is 5.32 Å². The van der Waals surface area contributed by atoms with Crippen LogP contribution in [0.4, 0.5) is 5.69 Å². The van der Waals surface area contributed by atoms with Crippen LogP contribution in [0.5, 0.6) is 0 Å². The van der Waals surface area contributed by atoms with Crippen molar-refractivity contribution in [3.63, 3.8) is 0 Å². The summed E-state index contributed by atoms with van der Waals surface area (Å²) in [5, 5.41) is 12.4. The van der Waals surface area contributed by atoms with Crippen molar-refractivity contribution in [3.05, 3.63) is 64.1 Å². The molecule has 1 aliphatic rings. The second-order valence-electron chi connectivity index (χ2n) is 6.44. The molecule has 5 nitrogen and oxygen atoms in total. The van der Waals surface area contributed by atoms with E-state index in [1.807, 2.05) is 41.3 Å². The van der Waals surface area contributed by atoms with Crippen molar-refractivity contribution in [2.24, 2.45) is 0 Å². The van der Waals surface area contributed by atoms with E-state index in [0.717, 1.165) is 27.7 Å². The molecule has 1 amide bonds. The molecular weight excluding hydrogens is 396 g/mol. The number of amides is 1. The molecule has 0 radical (unpaired) electrons. The standard InChI is InChI=1S/C20H21BrN2O3/c21-16-6-7-18-15(11-16)13-23(19(24)8-9-20(25)26)17(12-22-18)10-14-4-2-1-3-5-14/h1-7,11,17,22H,8-10,12-13H2,(H,25,26)/t17-/m1/s1. The molecule has 0 saturated carbocycles. The van der Waals surface area contributed by atoms with E-state index in [-0.39, 0.29) is 24.8 Å². The lowest BCUT2D eigenvalue weighted by atomic mass is 10.0. The van der Waals surface area contributed by atoms with Crippen molar-refractivity contribution < 1.29 is 14.7 Å².